The number of hydrogen-bond acceptors (Lipinski definition) is 3. The lowest BCUT2D eigenvalue weighted by molar-refractivity contribution is 0.504. The Morgan fingerprint density at radius 1 is 1.50 bits per heavy atom. The average Bonchev–Trinajstić information content (AvgIpc) is 2.61. The Kier molecular flexibility index (Phi) is 6.13. The maximum absolute atomic E-state index is 5.28. The van der Waals surface area contributed by atoms with Gasteiger partial charge in [0, 0.05) is 12.5 Å². The highest BCUT2D eigenvalue weighted by molar-refractivity contribution is 7.99. The summed E-state index contributed by atoms with van der Waals surface area (Å²) in [4.78, 5) is 0. The Bertz CT molecular complexity index is 356. The van der Waals surface area contributed by atoms with E-state index < -0.39 is 0 Å². The molecule has 5 heteroatoms. The van der Waals surface area contributed by atoms with Crippen molar-refractivity contribution in [3.8, 4) is 0 Å². The number of hydrogen-bond donors (Lipinski definition) is 1. The van der Waals surface area contributed by atoms with E-state index in [4.69, 9.17) is 12.2 Å². The quantitative estimate of drug-likeness (QED) is 0.600. The third-order valence-electron chi connectivity index (χ3n) is 2.58. The number of H-pyrrole nitrogens is 1. The highest BCUT2D eigenvalue weighted by atomic mass is 32.2. The summed E-state index contributed by atoms with van der Waals surface area (Å²) in [6, 6.07) is 0.451. The van der Waals surface area contributed by atoms with E-state index in [0.29, 0.717) is 6.04 Å². The van der Waals surface area contributed by atoms with Crippen molar-refractivity contribution in [2.24, 2.45) is 0 Å². The molecule has 1 aromatic heterocycles. The van der Waals surface area contributed by atoms with Crippen molar-refractivity contribution in [2.45, 2.75) is 46.1 Å². The van der Waals surface area contributed by atoms with Crippen molar-refractivity contribution in [1.82, 2.24) is 14.8 Å². The van der Waals surface area contributed by atoms with Gasteiger partial charge in [0.1, 0.15) is 5.82 Å². The van der Waals surface area contributed by atoms with E-state index >= 15 is 0 Å². The van der Waals surface area contributed by atoms with Crippen LogP contribution in [0.1, 0.15) is 45.5 Å². The molecule has 1 heterocycles. The van der Waals surface area contributed by atoms with Crippen molar-refractivity contribution < 1.29 is 0 Å². The normalized spacial score (nSPS) is 12.9. The first-order chi connectivity index (χ1) is 7.70. The van der Waals surface area contributed by atoms with Gasteiger partial charge in [-0.2, -0.15) is 16.9 Å². The first kappa shape index (κ1) is 13.8. The topological polar surface area (TPSA) is 33.6 Å². The summed E-state index contributed by atoms with van der Waals surface area (Å²) in [5.74, 6) is 3.48. The van der Waals surface area contributed by atoms with Crippen LogP contribution in [0.2, 0.25) is 0 Å². The number of rotatable bonds is 7. The lowest BCUT2D eigenvalue weighted by Gasteiger charge is -2.14. The van der Waals surface area contributed by atoms with Crippen LogP contribution in [-0.2, 0) is 6.42 Å². The minimum atomic E-state index is 0.451. The van der Waals surface area contributed by atoms with Gasteiger partial charge in [0.25, 0.3) is 0 Å². The summed E-state index contributed by atoms with van der Waals surface area (Å²) in [5, 5.41) is 7.20. The van der Waals surface area contributed by atoms with Gasteiger partial charge in [-0.05, 0) is 43.5 Å². The summed E-state index contributed by atoms with van der Waals surface area (Å²) < 4.78 is 2.94. The van der Waals surface area contributed by atoms with Crippen molar-refractivity contribution in [3.63, 3.8) is 0 Å². The molecule has 1 aromatic rings. The standard InChI is InChI=1S/C11H21N3S2/c1-4-6-10-12-13-11(15)14(10)9(3)7-8-16-5-2/h9H,4-8H2,1-3H3,(H,13,15). The van der Waals surface area contributed by atoms with Gasteiger partial charge in [0.2, 0.25) is 0 Å². The van der Waals surface area contributed by atoms with Crippen LogP contribution in [0.25, 0.3) is 0 Å². The molecule has 0 aromatic carbocycles. The molecule has 1 rings (SSSR count). The van der Waals surface area contributed by atoms with E-state index in [9.17, 15) is 0 Å². The van der Waals surface area contributed by atoms with E-state index in [0.717, 1.165) is 29.9 Å². The van der Waals surface area contributed by atoms with E-state index in [1.165, 1.54) is 11.5 Å². The van der Waals surface area contributed by atoms with Crippen LogP contribution in [0.3, 0.4) is 0 Å². The number of nitrogens with zero attached hydrogens (tertiary/aromatic N) is 2. The lowest BCUT2D eigenvalue weighted by Crippen LogP contribution is -2.10. The predicted molar refractivity (Wildman–Crippen MR) is 73.7 cm³/mol. The summed E-state index contributed by atoms with van der Waals surface area (Å²) >= 11 is 7.26. The molecule has 3 nitrogen and oxygen atoms in total. The molecule has 0 spiro atoms. The third kappa shape index (κ3) is 3.63. The Balaban J connectivity index is 2.69. The second-order valence-electron chi connectivity index (χ2n) is 3.90. The number of aryl methyl sites for hydroxylation is 1. The molecule has 1 atom stereocenters. The molecule has 0 saturated heterocycles. The molecule has 0 amide bonds. The number of aromatic nitrogens is 3. The van der Waals surface area contributed by atoms with Crippen molar-refractivity contribution in [1.29, 1.82) is 0 Å². The Labute approximate surface area is 107 Å². The molecule has 0 radical (unpaired) electrons. The SMILES string of the molecule is CCCc1n[nH]c(=S)n1C(C)CCSCC. The van der Waals surface area contributed by atoms with E-state index in [2.05, 4.69) is 35.5 Å². The summed E-state index contributed by atoms with van der Waals surface area (Å²) in [5.41, 5.74) is 0. The smallest absolute Gasteiger partial charge is 0.195 e. The Morgan fingerprint density at radius 2 is 2.25 bits per heavy atom. The summed E-state index contributed by atoms with van der Waals surface area (Å²) in [6.45, 7) is 6.59. The highest BCUT2D eigenvalue weighted by Gasteiger charge is 2.11. The van der Waals surface area contributed by atoms with Gasteiger partial charge >= 0.3 is 0 Å². The molecule has 1 N–H and O–H groups in total. The van der Waals surface area contributed by atoms with Crippen LogP contribution in [0.4, 0.5) is 0 Å². The molecular weight excluding hydrogens is 238 g/mol. The van der Waals surface area contributed by atoms with Gasteiger partial charge in [0.05, 0.1) is 0 Å². The minimum absolute atomic E-state index is 0.451. The fraction of sp³-hybridized carbons (Fsp3) is 0.818. The molecule has 0 aliphatic carbocycles. The summed E-state index contributed by atoms with van der Waals surface area (Å²) in [6.07, 6.45) is 3.26. The Morgan fingerprint density at radius 3 is 2.88 bits per heavy atom. The van der Waals surface area contributed by atoms with Gasteiger partial charge in [-0.3, -0.25) is 5.10 Å². The number of nitrogens with one attached hydrogen (secondary N) is 1. The van der Waals surface area contributed by atoms with E-state index in [-0.39, 0.29) is 0 Å². The first-order valence-electron chi connectivity index (χ1n) is 5.94. The largest absolute Gasteiger partial charge is 0.301 e. The van der Waals surface area contributed by atoms with E-state index in [1.807, 2.05) is 11.8 Å². The van der Waals surface area contributed by atoms with Crippen LogP contribution < -0.4 is 0 Å². The molecule has 0 aliphatic rings. The first-order valence-corrected chi connectivity index (χ1v) is 7.50. The zero-order valence-corrected chi connectivity index (χ0v) is 12.0. The van der Waals surface area contributed by atoms with Gasteiger partial charge in [-0.25, -0.2) is 0 Å². The molecule has 1 unspecified atom stereocenters. The van der Waals surface area contributed by atoms with Crippen molar-refractivity contribution >= 4 is 24.0 Å². The van der Waals surface area contributed by atoms with Gasteiger partial charge in [-0.1, -0.05) is 13.8 Å². The maximum atomic E-state index is 5.28. The van der Waals surface area contributed by atoms with Crippen LogP contribution in [-0.4, -0.2) is 26.3 Å². The molecular formula is C11H21N3S2. The maximum Gasteiger partial charge on any atom is 0.195 e. The Hall–Kier alpha value is -0.290. The van der Waals surface area contributed by atoms with Crippen LogP contribution >= 0.6 is 24.0 Å². The number of aromatic amines is 1. The van der Waals surface area contributed by atoms with Crippen LogP contribution in [0, 0.1) is 4.77 Å². The molecule has 0 fully saturated rings. The van der Waals surface area contributed by atoms with Crippen LogP contribution in [0.15, 0.2) is 0 Å². The fourth-order valence-corrected chi connectivity index (χ4v) is 2.85. The van der Waals surface area contributed by atoms with Crippen molar-refractivity contribution in [3.05, 3.63) is 10.6 Å². The van der Waals surface area contributed by atoms with Crippen LogP contribution in [0.5, 0.6) is 0 Å². The fourth-order valence-electron chi connectivity index (χ4n) is 1.72. The van der Waals surface area contributed by atoms with Gasteiger partial charge < -0.3 is 4.57 Å². The molecule has 0 saturated carbocycles. The van der Waals surface area contributed by atoms with E-state index in [1.54, 1.807) is 0 Å². The van der Waals surface area contributed by atoms with Gasteiger partial charge in [0.15, 0.2) is 4.77 Å². The monoisotopic (exact) mass is 259 g/mol. The third-order valence-corrected chi connectivity index (χ3v) is 3.80. The minimum Gasteiger partial charge on any atom is -0.301 e. The molecule has 16 heavy (non-hydrogen) atoms. The summed E-state index contributed by atoms with van der Waals surface area (Å²) in [7, 11) is 0. The predicted octanol–water partition coefficient (Wildman–Crippen LogP) is 3.60. The molecule has 0 bridgehead atoms. The highest BCUT2D eigenvalue weighted by Crippen LogP contribution is 2.17. The molecule has 0 aliphatic heterocycles. The molecule has 92 valence electrons. The van der Waals surface area contributed by atoms with Crippen molar-refractivity contribution in [2.75, 3.05) is 11.5 Å². The average molecular weight is 259 g/mol. The van der Waals surface area contributed by atoms with Gasteiger partial charge in [-0.15, -0.1) is 0 Å². The zero-order chi connectivity index (χ0) is 12.0. The number of thioether (sulfide) groups is 1. The second-order valence-corrected chi connectivity index (χ2v) is 5.68. The second kappa shape index (κ2) is 7.12. The lowest BCUT2D eigenvalue weighted by atomic mass is 10.2. The zero-order valence-electron chi connectivity index (χ0n) is 10.3.